The Bertz CT molecular complexity index is 1060. The Labute approximate surface area is 210 Å². The van der Waals surface area contributed by atoms with E-state index in [1.54, 1.807) is 0 Å². The number of fused-ring (bicyclic) bond motifs is 3. The third-order valence-corrected chi connectivity index (χ3v) is 7.12. The summed E-state index contributed by atoms with van der Waals surface area (Å²) in [5.74, 6) is 0. The van der Waals surface area contributed by atoms with Crippen LogP contribution in [0.2, 0.25) is 0 Å². The Hall–Kier alpha value is -2.82. The summed E-state index contributed by atoms with van der Waals surface area (Å²) in [5.41, 5.74) is 5.80. The van der Waals surface area contributed by atoms with Crippen LogP contribution >= 0.6 is 0 Å². The van der Waals surface area contributed by atoms with Gasteiger partial charge < -0.3 is 15.0 Å². The van der Waals surface area contributed by atoms with Gasteiger partial charge in [-0.25, -0.2) is 0 Å². The summed E-state index contributed by atoms with van der Waals surface area (Å²) in [6, 6.07) is 12.8. The van der Waals surface area contributed by atoms with Crippen LogP contribution in [0.3, 0.4) is 0 Å². The van der Waals surface area contributed by atoms with Crippen LogP contribution in [-0.4, -0.2) is 26.4 Å². The first-order chi connectivity index (χ1) is 17.2. The van der Waals surface area contributed by atoms with E-state index in [4.69, 9.17) is 0 Å². The van der Waals surface area contributed by atoms with Crippen molar-refractivity contribution in [2.75, 3.05) is 0 Å². The number of unbranched alkanes of at least 4 members (excludes halogenated alkanes) is 8. The molecule has 0 bridgehead atoms. The van der Waals surface area contributed by atoms with Crippen LogP contribution in [0.4, 0.5) is 0 Å². The molecule has 0 aliphatic heterocycles. The molecule has 190 valence electrons. The van der Waals surface area contributed by atoms with Crippen molar-refractivity contribution in [1.29, 1.82) is 0 Å². The molecule has 0 radical (unpaired) electrons. The lowest BCUT2D eigenvalue weighted by atomic mass is 9.99. The van der Waals surface area contributed by atoms with Crippen LogP contribution in [0.1, 0.15) is 109 Å². The van der Waals surface area contributed by atoms with Gasteiger partial charge in [-0.3, -0.25) is 0 Å². The fraction of sp³-hybridized carbons (Fsp3) is 0.533. The maximum Gasteiger partial charge on any atom is 0.0868 e. The first kappa shape index (κ1) is 26.8. The maximum atomic E-state index is 9.74. The number of rotatable bonds is 15. The standard InChI is InChI=1S/C30H43N3O2/c1-4-7-9-11-13-15-27(31-34)23-17-19-29-25(21-23)26-22-24(18-20-30(26)33(29)6-3)28(32-35)16-14-12-10-8-5-2/h17-22,34-35H,4-16H2,1-3H3. The molecule has 2 aromatic carbocycles. The highest BCUT2D eigenvalue weighted by atomic mass is 16.4. The highest BCUT2D eigenvalue weighted by Gasteiger charge is 2.15. The van der Waals surface area contributed by atoms with Crippen molar-refractivity contribution in [2.24, 2.45) is 10.3 Å². The predicted molar refractivity (Wildman–Crippen MR) is 149 cm³/mol. The number of hydrogen-bond donors (Lipinski definition) is 2. The third kappa shape index (κ3) is 6.65. The molecule has 3 aromatic rings. The molecule has 0 fully saturated rings. The van der Waals surface area contributed by atoms with Crippen LogP contribution in [-0.2, 0) is 6.54 Å². The Morgan fingerprint density at radius 3 is 1.43 bits per heavy atom. The summed E-state index contributed by atoms with van der Waals surface area (Å²) in [4.78, 5) is 0. The monoisotopic (exact) mass is 477 g/mol. The molecular weight excluding hydrogens is 434 g/mol. The van der Waals surface area contributed by atoms with E-state index in [9.17, 15) is 10.4 Å². The van der Waals surface area contributed by atoms with Crippen molar-refractivity contribution in [1.82, 2.24) is 4.57 Å². The molecule has 0 atom stereocenters. The summed E-state index contributed by atoms with van der Waals surface area (Å²) in [7, 11) is 0. The number of nitrogens with zero attached hydrogens (tertiary/aromatic N) is 3. The van der Waals surface area contributed by atoms with Crippen molar-refractivity contribution in [3.05, 3.63) is 47.5 Å². The largest absolute Gasteiger partial charge is 0.411 e. The van der Waals surface area contributed by atoms with Gasteiger partial charge in [0.2, 0.25) is 0 Å². The minimum Gasteiger partial charge on any atom is -0.411 e. The smallest absolute Gasteiger partial charge is 0.0868 e. The van der Waals surface area contributed by atoms with Gasteiger partial charge in [-0.15, -0.1) is 0 Å². The molecule has 3 rings (SSSR count). The van der Waals surface area contributed by atoms with E-state index in [-0.39, 0.29) is 0 Å². The Balaban J connectivity index is 1.90. The zero-order valence-corrected chi connectivity index (χ0v) is 21.9. The first-order valence-electron chi connectivity index (χ1n) is 13.7. The highest BCUT2D eigenvalue weighted by molar-refractivity contribution is 6.14. The summed E-state index contributed by atoms with van der Waals surface area (Å²) >= 11 is 0. The first-order valence-corrected chi connectivity index (χ1v) is 13.7. The molecule has 0 aliphatic rings. The topological polar surface area (TPSA) is 70.1 Å². The summed E-state index contributed by atoms with van der Waals surface area (Å²) < 4.78 is 2.32. The van der Waals surface area contributed by atoms with Crippen molar-refractivity contribution in [2.45, 2.75) is 104 Å². The lowest BCUT2D eigenvalue weighted by Crippen LogP contribution is -2.01. The van der Waals surface area contributed by atoms with E-state index in [1.165, 1.54) is 49.6 Å². The summed E-state index contributed by atoms with van der Waals surface area (Å²) in [6.45, 7) is 7.47. The molecule has 1 heterocycles. The number of benzene rings is 2. The van der Waals surface area contributed by atoms with E-state index in [2.05, 4.69) is 72.0 Å². The minimum absolute atomic E-state index is 0.752. The second kappa shape index (κ2) is 13.9. The van der Waals surface area contributed by atoms with Crippen LogP contribution in [0.5, 0.6) is 0 Å². The fourth-order valence-electron chi connectivity index (χ4n) is 5.10. The molecule has 5 nitrogen and oxygen atoms in total. The summed E-state index contributed by atoms with van der Waals surface area (Å²) in [5, 5.41) is 29.1. The molecule has 5 heteroatoms. The molecule has 0 spiro atoms. The second-order valence-corrected chi connectivity index (χ2v) is 9.63. The minimum atomic E-state index is 0.752. The lowest BCUT2D eigenvalue weighted by Gasteiger charge is -2.07. The van der Waals surface area contributed by atoms with E-state index >= 15 is 0 Å². The van der Waals surface area contributed by atoms with Gasteiger partial charge in [-0.2, -0.15) is 0 Å². The van der Waals surface area contributed by atoms with Gasteiger partial charge in [-0.1, -0.05) is 87.7 Å². The van der Waals surface area contributed by atoms with Gasteiger partial charge in [0, 0.05) is 39.5 Å². The predicted octanol–water partition coefficient (Wildman–Crippen LogP) is 8.89. The Kier molecular flexibility index (Phi) is 10.6. The van der Waals surface area contributed by atoms with Gasteiger partial charge in [0.1, 0.15) is 0 Å². The molecule has 0 saturated heterocycles. The molecule has 0 saturated carbocycles. The molecular formula is C30H43N3O2. The van der Waals surface area contributed by atoms with E-state index in [0.29, 0.717) is 0 Å². The van der Waals surface area contributed by atoms with Gasteiger partial charge in [0.15, 0.2) is 0 Å². The quantitative estimate of drug-likeness (QED) is 0.0992. The number of oxime groups is 2. The van der Waals surface area contributed by atoms with E-state index in [1.807, 2.05) is 0 Å². The number of hydrogen-bond acceptors (Lipinski definition) is 4. The maximum absolute atomic E-state index is 9.74. The van der Waals surface area contributed by atoms with Gasteiger partial charge in [0.05, 0.1) is 11.4 Å². The zero-order chi connectivity index (χ0) is 25.0. The molecule has 2 N–H and O–H groups in total. The van der Waals surface area contributed by atoms with Crippen molar-refractivity contribution in [3.63, 3.8) is 0 Å². The van der Waals surface area contributed by atoms with Crippen LogP contribution in [0, 0.1) is 0 Å². The third-order valence-electron chi connectivity index (χ3n) is 7.12. The summed E-state index contributed by atoms with van der Waals surface area (Å²) in [6.07, 6.45) is 13.4. The van der Waals surface area contributed by atoms with Crippen molar-refractivity contribution in [3.8, 4) is 0 Å². The van der Waals surface area contributed by atoms with E-state index in [0.717, 1.165) is 78.4 Å². The Morgan fingerprint density at radius 1 is 0.629 bits per heavy atom. The van der Waals surface area contributed by atoms with Crippen LogP contribution in [0.25, 0.3) is 21.8 Å². The van der Waals surface area contributed by atoms with Gasteiger partial charge in [0.25, 0.3) is 0 Å². The van der Waals surface area contributed by atoms with E-state index < -0.39 is 0 Å². The second-order valence-electron chi connectivity index (χ2n) is 9.63. The van der Waals surface area contributed by atoms with Crippen LogP contribution in [0.15, 0.2) is 46.7 Å². The van der Waals surface area contributed by atoms with Gasteiger partial charge in [-0.05, 0) is 56.9 Å². The fourth-order valence-corrected chi connectivity index (χ4v) is 5.10. The zero-order valence-electron chi connectivity index (χ0n) is 21.9. The highest BCUT2D eigenvalue weighted by Crippen LogP contribution is 2.32. The number of aromatic nitrogens is 1. The van der Waals surface area contributed by atoms with Crippen molar-refractivity contribution >= 4 is 33.2 Å². The molecule has 0 amide bonds. The molecule has 0 aliphatic carbocycles. The van der Waals surface area contributed by atoms with Gasteiger partial charge >= 0.3 is 0 Å². The van der Waals surface area contributed by atoms with Crippen LogP contribution < -0.4 is 0 Å². The average Bonchev–Trinajstić information content (AvgIpc) is 3.20. The SMILES string of the molecule is CCCCCCCC(=NO)c1ccc2c(c1)c1cc(C(CCCCCCC)=NO)ccc1n2CC. The Morgan fingerprint density at radius 2 is 1.06 bits per heavy atom. The molecule has 1 aromatic heterocycles. The lowest BCUT2D eigenvalue weighted by molar-refractivity contribution is 0.317. The van der Waals surface area contributed by atoms with Crippen molar-refractivity contribution < 1.29 is 10.4 Å². The molecule has 35 heavy (non-hydrogen) atoms. The number of aryl methyl sites for hydroxylation is 1. The molecule has 0 unspecified atom stereocenters. The average molecular weight is 478 g/mol. The normalized spacial score (nSPS) is 12.8.